The Labute approximate surface area is 105 Å². The van der Waals surface area contributed by atoms with E-state index in [2.05, 4.69) is 5.32 Å². The number of aliphatic carboxylic acids is 1. The van der Waals surface area contributed by atoms with Gasteiger partial charge in [0.1, 0.15) is 12.6 Å². The lowest BCUT2D eigenvalue weighted by molar-refractivity contribution is -0.138. The molecular weight excluding hydrogens is 238 g/mol. The van der Waals surface area contributed by atoms with Crippen LogP contribution in [0.1, 0.15) is 32.6 Å². The monoisotopic (exact) mass is 257 g/mol. The highest BCUT2D eigenvalue weighted by Gasteiger charge is 2.29. The second kappa shape index (κ2) is 6.23. The van der Waals surface area contributed by atoms with Crippen LogP contribution in [0.3, 0.4) is 0 Å². The minimum absolute atomic E-state index is 0.0292. The summed E-state index contributed by atoms with van der Waals surface area (Å²) in [5, 5.41) is 11.1. The van der Waals surface area contributed by atoms with E-state index in [1.807, 2.05) is 0 Å². The average Bonchev–Trinajstić information content (AvgIpc) is 2.78. The number of carbonyl (C=O) groups excluding carboxylic acids is 2. The van der Waals surface area contributed by atoms with Crippen LogP contribution in [0.25, 0.3) is 0 Å². The minimum atomic E-state index is -1.12. The molecule has 3 amide bonds. The van der Waals surface area contributed by atoms with Crippen molar-refractivity contribution in [3.05, 3.63) is 0 Å². The maximum absolute atomic E-state index is 11.9. The first-order valence-electron chi connectivity index (χ1n) is 6.00. The first-order chi connectivity index (χ1) is 8.41. The van der Waals surface area contributed by atoms with Gasteiger partial charge in [-0.15, -0.1) is 0 Å². The zero-order chi connectivity index (χ0) is 13.7. The summed E-state index contributed by atoms with van der Waals surface area (Å²) in [7, 11) is 0. The van der Waals surface area contributed by atoms with E-state index >= 15 is 0 Å². The molecule has 1 rings (SSSR count). The number of amides is 3. The molecule has 102 valence electrons. The number of nitrogens with two attached hydrogens (primary N) is 1. The van der Waals surface area contributed by atoms with Crippen LogP contribution in [-0.2, 0) is 9.59 Å². The van der Waals surface area contributed by atoms with Crippen LogP contribution in [0.2, 0.25) is 0 Å². The molecule has 1 atom stereocenters. The quantitative estimate of drug-likeness (QED) is 0.638. The first-order valence-corrected chi connectivity index (χ1v) is 6.00. The molecule has 1 saturated carbocycles. The standard InChI is InChI=1S/C11H19N3O4/c1-7(10(16)17)13-11(18)14(6-9(12)15)8-4-2-3-5-8/h7-8H,2-6H2,1H3,(H2,12,15)(H,13,18)(H,16,17). The molecule has 0 aromatic heterocycles. The van der Waals surface area contributed by atoms with Crippen LogP contribution in [0.15, 0.2) is 0 Å². The summed E-state index contributed by atoms with van der Waals surface area (Å²) in [5.41, 5.74) is 5.11. The summed E-state index contributed by atoms with van der Waals surface area (Å²) in [6, 6.07) is -1.57. The fraction of sp³-hybridized carbons (Fsp3) is 0.727. The molecular formula is C11H19N3O4. The van der Waals surface area contributed by atoms with Crippen molar-refractivity contribution in [3.63, 3.8) is 0 Å². The van der Waals surface area contributed by atoms with Crippen molar-refractivity contribution in [1.82, 2.24) is 10.2 Å². The Balaban J connectivity index is 2.66. The third-order valence-corrected chi connectivity index (χ3v) is 3.06. The number of hydrogen-bond donors (Lipinski definition) is 3. The lowest BCUT2D eigenvalue weighted by Crippen LogP contribution is -2.52. The fourth-order valence-corrected chi connectivity index (χ4v) is 2.08. The molecule has 4 N–H and O–H groups in total. The Morgan fingerprint density at radius 2 is 1.94 bits per heavy atom. The van der Waals surface area contributed by atoms with Gasteiger partial charge in [0.25, 0.3) is 0 Å². The number of carboxylic acid groups (broad SMARTS) is 1. The van der Waals surface area contributed by atoms with Gasteiger partial charge in [-0.25, -0.2) is 4.79 Å². The molecule has 7 heteroatoms. The van der Waals surface area contributed by atoms with Crippen LogP contribution in [0.4, 0.5) is 4.79 Å². The van der Waals surface area contributed by atoms with Gasteiger partial charge in [0.15, 0.2) is 0 Å². The second-order valence-corrected chi connectivity index (χ2v) is 4.54. The zero-order valence-corrected chi connectivity index (χ0v) is 10.4. The van der Waals surface area contributed by atoms with Gasteiger partial charge >= 0.3 is 12.0 Å². The van der Waals surface area contributed by atoms with Crippen molar-refractivity contribution in [2.24, 2.45) is 5.73 Å². The molecule has 7 nitrogen and oxygen atoms in total. The highest BCUT2D eigenvalue weighted by molar-refractivity contribution is 5.86. The van der Waals surface area contributed by atoms with E-state index in [4.69, 9.17) is 10.8 Å². The largest absolute Gasteiger partial charge is 0.480 e. The van der Waals surface area contributed by atoms with E-state index in [1.54, 1.807) is 0 Å². The number of nitrogens with one attached hydrogen (secondary N) is 1. The SMILES string of the molecule is CC(NC(=O)N(CC(N)=O)C1CCCC1)C(=O)O. The number of primary amides is 1. The van der Waals surface area contributed by atoms with Crippen LogP contribution in [-0.4, -0.2) is 46.5 Å². The van der Waals surface area contributed by atoms with Crippen molar-refractivity contribution >= 4 is 17.9 Å². The van der Waals surface area contributed by atoms with Crippen molar-refractivity contribution in [1.29, 1.82) is 0 Å². The summed E-state index contributed by atoms with van der Waals surface area (Å²) in [5.74, 6) is -1.71. The van der Waals surface area contributed by atoms with E-state index < -0.39 is 23.9 Å². The lowest BCUT2D eigenvalue weighted by atomic mass is 10.2. The number of nitrogens with zero attached hydrogens (tertiary/aromatic N) is 1. The van der Waals surface area contributed by atoms with Gasteiger partial charge in [-0.3, -0.25) is 9.59 Å². The van der Waals surface area contributed by atoms with Gasteiger partial charge in [-0.2, -0.15) is 0 Å². The minimum Gasteiger partial charge on any atom is -0.480 e. The highest BCUT2D eigenvalue weighted by atomic mass is 16.4. The molecule has 0 aromatic carbocycles. The molecule has 0 heterocycles. The maximum atomic E-state index is 11.9. The Morgan fingerprint density at radius 1 is 1.39 bits per heavy atom. The van der Waals surface area contributed by atoms with E-state index in [9.17, 15) is 14.4 Å². The topological polar surface area (TPSA) is 113 Å². The number of carbonyl (C=O) groups is 3. The van der Waals surface area contributed by atoms with Crippen LogP contribution in [0.5, 0.6) is 0 Å². The number of carboxylic acids is 1. The van der Waals surface area contributed by atoms with Crippen LogP contribution in [0, 0.1) is 0 Å². The van der Waals surface area contributed by atoms with Crippen LogP contribution >= 0.6 is 0 Å². The third kappa shape index (κ3) is 3.90. The molecule has 1 aliphatic carbocycles. The summed E-state index contributed by atoms with van der Waals surface area (Å²) in [6.07, 6.45) is 3.65. The van der Waals surface area contributed by atoms with Crippen molar-refractivity contribution in [2.75, 3.05) is 6.54 Å². The molecule has 0 bridgehead atoms. The Bertz CT molecular complexity index is 339. The second-order valence-electron chi connectivity index (χ2n) is 4.54. The summed E-state index contributed by atoms with van der Waals surface area (Å²) >= 11 is 0. The van der Waals surface area contributed by atoms with Gasteiger partial charge in [0.05, 0.1) is 0 Å². The zero-order valence-electron chi connectivity index (χ0n) is 10.4. The summed E-state index contributed by atoms with van der Waals surface area (Å²) in [4.78, 5) is 34.9. The predicted octanol–water partition coefficient (Wildman–Crippen LogP) is -0.101. The van der Waals surface area contributed by atoms with E-state index in [0.717, 1.165) is 25.7 Å². The summed E-state index contributed by atoms with van der Waals surface area (Å²) in [6.45, 7) is 1.19. The Hall–Kier alpha value is -1.79. The number of hydrogen-bond acceptors (Lipinski definition) is 3. The van der Waals surface area contributed by atoms with Gasteiger partial charge < -0.3 is 21.1 Å². The molecule has 1 unspecified atom stereocenters. The predicted molar refractivity (Wildman–Crippen MR) is 63.8 cm³/mol. The normalized spacial score (nSPS) is 17.2. The molecule has 1 aliphatic rings. The fourth-order valence-electron chi connectivity index (χ4n) is 2.08. The van der Waals surface area contributed by atoms with Crippen molar-refractivity contribution in [3.8, 4) is 0 Å². The van der Waals surface area contributed by atoms with Gasteiger partial charge in [-0.1, -0.05) is 12.8 Å². The summed E-state index contributed by atoms with van der Waals surface area (Å²) < 4.78 is 0. The third-order valence-electron chi connectivity index (χ3n) is 3.06. The van der Waals surface area contributed by atoms with Crippen molar-refractivity contribution < 1.29 is 19.5 Å². The Kier molecular flexibility index (Phi) is 4.94. The number of rotatable bonds is 5. The first kappa shape index (κ1) is 14.3. The molecule has 1 fully saturated rings. The van der Waals surface area contributed by atoms with Crippen molar-refractivity contribution in [2.45, 2.75) is 44.7 Å². The molecule has 0 aromatic rings. The van der Waals surface area contributed by atoms with Gasteiger partial charge in [-0.05, 0) is 19.8 Å². The molecule has 18 heavy (non-hydrogen) atoms. The molecule has 0 aliphatic heterocycles. The van der Waals surface area contributed by atoms with E-state index in [-0.39, 0.29) is 12.6 Å². The lowest BCUT2D eigenvalue weighted by Gasteiger charge is -2.28. The Morgan fingerprint density at radius 3 is 2.39 bits per heavy atom. The molecule has 0 spiro atoms. The highest BCUT2D eigenvalue weighted by Crippen LogP contribution is 2.23. The smallest absolute Gasteiger partial charge is 0.325 e. The van der Waals surface area contributed by atoms with E-state index in [0.29, 0.717) is 0 Å². The average molecular weight is 257 g/mol. The van der Waals surface area contributed by atoms with Gasteiger partial charge in [0.2, 0.25) is 5.91 Å². The van der Waals surface area contributed by atoms with E-state index in [1.165, 1.54) is 11.8 Å². The molecule has 0 saturated heterocycles. The van der Waals surface area contributed by atoms with Gasteiger partial charge in [0, 0.05) is 6.04 Å². The molecule has 0 radical (unpaired) electrons. The maximum Gasteiger partial charge on any atom is 0.325 e. The van der Waals surface area contributed by atoms with Crippen LogP contribution < -0.4 is 11.1 Å². The number of urea groups is 1.